The maximum Gasteiger partial charge on any atom is 0.328 e. The molecule has 2 fully saturated rings. The highest BCUT2D eigenvalue weighted by molar-refractivity contribution is 7.83. The van der Waals surface area contributed by atoms with Crippen molar-refractivity contribution in [2.45, 2.75) is 49.6 Å². The van der Waals surface area contributed by atoms with E-state index in [0.29, 0.717) is 28.3 Å². The molecule has 6 nitrogen and oxygen atoms in total. The number of H-pyrrole nitrogens is 1. The van der Waals surface area contributed by atoms with E-state index in [-0.39, 0.29) is 11.2 Å². The van der Waals surface area contributed by atoms with Crippen molar-refractivity contribution >= 4 is 21.9 Å². The van der Waals surface area contributed by atoms with Gasteiger partial charge in [-0.05, 0) is 56.7 Å². The molecule has 0 saturated heterocycles. The van der Waals surface area contributed by atoms with Crippen molar-refractivity contribution in [1.82, 2.24) is 14.3 Å². The Bertz CT molecular complexity index is 922. The minimum atomic E-state index is -1.36. The van der Waals surface area contributed by atoms with E-state index >= 15 is 0 Å². The summed E-state index contributed by atoms with van der Waals surface area (Å²) in [6.45, 7) is 2.66. The molecule has 0 aliphatic heterocycles. The van der Waals surface area contributed by atoms with Gasteiger partial charge in [0, 0.05) is 12.1 Å². The van der Waals surface area contributed by atoms with Gasteiger partial charge >= 0.3 is 5.69 Å². The molecule has 23 heavy (non-hydrogen) atoms. The van der Waals surface area contributed by atoms with E-state index in [1.807, 2.05) is 6.92 Å². The van der Waals surface area contributed by atoms with E-state index in [1.165, 1.54) is 0 Å². The number of aromatic amines is 1. The molecule has 1 unspecified atom stereocenters. The summed E-state index contributed by atoms with van der Waals surface area (Å²) in [5, 5.41) is 0.416. The molecule has 0 bridgehead atoms. The van der Waals surface area contributed by atoms with Crippen molar-refractivity contribution < 1.29 is 4.21 Å². The summed E-state index contributed by atoms with van der Waals surface area (Å²) in [5.41, 5.74) is -0.235. The van der Waals surface area contributed by atoms with Crippen LogP contribution in [0.5, 0.6) is 0 Å². The maximum absolute atomic E-state index is 12.4. The molecule has 2 aliphatic rings. The Morgan fingerprint density at radius 2 is 2.09 bits per heavy atom. The van der Waals surface area contributed by atoms with Crippen LogP contribution in [-0.4, -0.2) is 19.3 Å². The van der Waals surface area contributed by atoms with E-state index in [9.17, 15) is 13.8 Å². The molecule has 0 amide bonds. The summed E-state index contributed by atoms with van der Waals surface area (Å²) < 4.78 is 17.1. The zero-order chi connectivity index (χ0) is 16.2. The molecule has 1 heterocycles. The van der Waals surface area contributed by atoms with Crippen molar-refractivity contribution in [3.8, 4) is 0 Å². The molecule has 0 radical (unpaired) electrons. The average Bonchev–Trinajstić information content (AvgIpc) is 3.42. The highest BCUT2D eigenvalue weighted by atomic mass is 32.2. The lowest BCUT2D eigenvalue weighted by molar-refractivity contribution is 0.611. The van der Waals surface area contributed by atoms with E-state index in [1.54, 1.807) is 22.8 Å². The van der Waals surface area contributed by atoms with E-state index < -0.39 is 16.5 Å². The number of rotatable bonds is 5. The van der Waals surface area contributed by atoms with Crippen molar-refractivity contribution in [3.05, 3.63) is 39.0 Å². The fourth-order valence-electron chi connectivity index (χ4n) is 2.70. The Morgan fingerprint density at radius 3 is 2.74 bits per heavy atom. The highest BCUT2D eigenvalue weighted by Crippen LogP contribution is 2.35. The molecular formula is C16H19N3O3S. The van der Waals surface area contributed by atoms with Crippen LogP contribution in [0, 0.1) is 5.92 Å². The third kappa shape index (κ3) is 2.90. The normalized spacial score (nSPS) is 20.6. The second-order valence-electron chi connectivity index (χ2n) is 6.92. The molecule has 122 valence electrons. The maximum atomic E-state index is 12.4. The van der Waals surface area contributed by atoms with Gasteiger partial charge in [-0.25, -0.2) is 13.7 Å². The Balaban J connectivity index is 1.77. The first-order valence-corrected chi connectivity index (χ1v) is 9.07. The highest BCUT2D eigenvalue weighted by Gasteiger charge is 2.38. The van der Waals surface area contributed by atoms with Crippen LogP contribution in [0.15, 0.2) is 32.7 Å². The number of nitrogens with zero attached hydrogens (tertiary/aromatic N) is 1. The van der Waals surface area contributed by atoms with Crippen molar-refractivity contribution in [2.24, 2.45) is 5.92 Å². The minimum Gasteiger partial charge on any atom is -0.293 e. The third-order valence-corrected chi connectivity index (χ3v) is 6.02. The molecule has 2 saturated carbocycles. The Kier molecular flexibility index (Phi) is 3.32. The average molecular weight is 333 g/mol. The fraction of sp³-hybridized carbons (Fsp3) is 0.500. The van der Waals surface area contributed by atoms with Crippen LogP contribution in [0.25, 0.3) is 10.9 Å². The first-order chi connectivity index (χ1) is 11.0. The minimum absolute atomic E-state index is 0.0585. The molecule has 0 spiro atoms. The second-order valence-corrected chi connectivity index (χ2v) is 8.14. The van der Waals surface area contributed by atoms with E-state index in [0.717, 1.165) is 25.7 Å². The molecule has 4 rings (SSSR count). The lowest BCUT2D eigenvalue weighted by Gasteiger charge is -2.12. The smallest absolute Gasteiger partial charge is 0.293 e. The van der Waals surface area contributed by atoms with Crippen molar-refractivity contribution in [3.63, 3.8) is 0 Å². The summed E-state index contributed by atoms with van der Waals surface area (Å²) in [6, 6.07) is 5.10. The zero-order valence-corrected chi connectivity index (χ0v) is 13.7. The van der Waals surface area contributed by atoms with Gasteiger partial charge in [0.25, 0.3) is 5.56 Å². The zero-order valence-electron chi connectivity index (χ0n) is 12.9. The van der Waals surface area contributed by atoms with Gasteiger partial charge in [-0.15, -0.1) is 0 Å². The van der Waals surface area contributed by atoms with Crippen LogP contribution >= 0.6 is 0 Å². The molecule has 7 heteroatoms. The summed E-state index contributed by atoms with van der Waals surface area (Å²) in [6.07, 6.45) is 4.26. The molecule has 1 atom stereocenters. The van der Waals surface area contributed by atoms with Gasteiger partial charge in [0.2, 0.25) is 0 Å². The van der Waals surface area contributed by atoms with E-state index in [2.05, 4.69) is 9.71 Å². The van der Waals surface area contributed by atoms with Gasteiger partial charge < -0.3 is 0 Å². The molecule has 2 N–H and O–H groups in total. The molecular weight excluding hydrogens is 314 g/mol. The summed E-state index contributed by atoms with van der Waals surface area (Å²) in [4.78, 5) is 27.1. The summed E-state index contributed by atoms with van der Waals surface area (Å²) in [5.74, 6) is 0.520. The van der Waals surface area contributed by atoms with Crippen LogP contribution in [0.2, 0.25) is 0 Å². The predicted octanol–water partition coefficient (Wildman–Crippen LogP) is 1.26. The number of hydrogen-bond acceptors (Lipinski definition) is 3. The van der Waals surface area contributed by atoms with Gasteiger partial charge in [-0.1, -0.05) is 0 Å². The number of benzene rings is 1. The second kappa shape index (κ2) is 5.14. The van der Waals surface area contributed by atoms with Crippen molar-refractivity contribution in [1.29, 1.82) is 0 Å². The standard InChI is InChI=1S/C16H19N3O3S/c1-16(6-7-16)18-23(22)11-4-5-13-12(8-11)14(20)17-15(21)19(13)9-10-2-3-10/h4-5,8,10,18H,2-3,6-7,9H2,1H3,(H,17,20,21). The van der Waals surface area contributed by atoms with Gasteiger partial charge in [-0.2, -0.15) is 0 Å². The fourth-order valence-corrected chi connectivity index (χ4v) is 3.89. The van der Waals surface area contributed by atoms with Gasteiger partial charge in [0.1, 0.15) is 11.0 Å². The van der Waals surface area contributed by atoms with Crippen LogP contribution < -0.4 is 16.0 Å². The first kappa shape index (κ1) is 14.8. The molecule has 2 aromatic rings. The predicted molar refractivity (Wildman–Crippen MR) is 88.7 cm³/mol. The SMILES string of the molecule is CC1(NS(=O)c2ccc3c(c2)c(=O)[nH]c(=O)n3CC2CC2)CC1. The largest absolute Gasteiger partial charge is 0.328 e. The number of hydrogen-bond donors (Lipinski definition) is 2. The first-order valence-electron chi connectivity index (χ1n) is 7.92. The Morgan fingerprint density at radius 1 is 1.35 bits per heavy atom. The van der Waals surface area contributed by atoms with Crippen LogP contribution in [-0.2, 0) is 17.5 Å². The quantitative estimate of drug-likeness (QED) is 0.864. The summed E-state index contributed by atoms with van der Waals surface area (Å²) >= 11 is 0. The van der Waals surface area contributed by atoms with Crippen LogP contribution in [0.4, 0.5) is 0 Å². The topological polar surface area (TPSA) is 84.0 Å². The third-order valence-electron chi connectivity index (χ3n) is 4.66. The molecule has 2 aliphatic carbocycles. The van der Waals surface area contributed by atoms with Gasteiger partial charge in [0.15, 0.2) is 0 Å². The van der Waals surface area contributed by atoms with Crippen molar-refractivity contribution in [2.75, 3.05) is 0 Å². The number of aromatic nitrogens is 2. The van der Waals surface area contributed by atoms with Crippen LogP contribution in [0.1, 0.15) is 32.6 Å². The van der Waals surface area contributed by atoms with Gasteiger partial charge in [-0.3, -0.25) is 14.3 Å². The lowest BCUT2D eigenvalue weighted by Crippen LogP contribution is -2.32. The Hall–Kier alpha value is -1.73. The number of nitrogens with one attached hydrogen (secondary N) is 2. The van der Waals surface area contributed by atoms with Crippen LogP contribution in [0.3, 0.4) is 0 Å². The van der Waals surface area contributed by atoms with Gasteiger partial charge in [0.05, 0.1) is 15.8 Å². The molecule has 1 aromatic carbocycles. The monoisotopic (exact) mass is 333 g/mol. The Labute approximate surface area is 135 Å². The summed E-state index contributed by atoms with van der Waals surface area (Å²) in [7, 11) is -1.36. The molecule has 1 aromatic heterocycles. The van der Waals surface area contributed by atoms with E-state index in [4.69, 9.17) is 0 Å². The number of fused-ring (bicyclic) bond motifs is 1. The lowest BCUT2D eigenvalue weighted by atomic mass is 10.2.